The molecule has 0 atom stereocenters. The Balaban J connectivity index is 2.47. The van der Waals surface area contributed by atoms with Crippen LogP contribution in [0.25, 0.3) is 11.3 Å². The summed E-state index contributed by atoms with van der Waals surface area (Å²) in [5.41, 5.74) is 2.50. The molecular formula is C9H7ClN2O. The number of halogens is 1. The molecule has 1 aromatic carbocycles. The van der Waals surface area contributed by atoms with Gasteiger partial charge in [0, 0.05) is 10.6 Å². The van der Waals surface area contributed by atoms with Crippen LogP contribution < -0.4 is 0 Å². The molecule has 0 N–H and O–H groups in total. The second-order valence-corrected chi connectivity index (χ2v) is 3.14. The van der Waals surface area contributed by atoms with Crippen LogP contribution in [0.4, 0.5) is 0 Å². The molecule has 0 fully saturated rings. The fourth-order valence-electron chi connectivity index (χ4n) is 1.10. The van der Waals surface area contributed by atoms with Crippen molar-refractivity contribution >= 4 is 11.6 Å². The van der Waals surface area contributed by atoms with Gasteiger partial charge in [-0.05, 0) is 24.2 Å². The maximum atomic E-state index is 5.75. The normalized spacial score (nSPS) is 10.3. The van der Waals surface area contributed by atoms with Crippen LogP contribution in [-0.2, 0) is 0 Å². The highest BCUT2D eigenvalue weighted by molar-refractivity contribution is 6.30. The first-order valence-corrected chi connectivity index (χ1v) is 4.20. The minimum absolute atomic E-state index is 0.706. The summed E-state index contributed by atoms with van der Waals surface area (Å²) < 4.78 is 4.60. The highest BCUT2D eigenvalue weighted by Crippen LogP contribution is 2.21. The van der Waals surface area contributed by atoms with Gasteiger partial charge in [0.15, 0.2) is 0 Å². The molecule has 1 aromatic heterocycles. The smallest absolute Gasteiger partial charge is 0.137 e. The van der Waals surface area contributed by atoms with E-state index in [1.165, 1.54) is 0 Å². The molecule has 0 aliphatic rings. The Kier molecular flexibility index (Phi) is 2.02. The van der Waals surface area contributed by atoms with Crippen LogP contribution in [0.2, 0.25) is 5.02 Å². The van der Waals surface area contributed by atoms with Crippen molar-refractivity contribution in [1.82, 2.24) is 10.3 Å². The number of nitrogens with zero attached hydrogens (tertiary/aromatic N) is 2. The monoisotopic (exact) mass is 194 g/mol. The van der Waals surface area contributed by atoms with Crippen LogP contribution in [0.3, 0.4) is 0 Å². The van der Waals surface area contributed by atoms with Gasteiger partial charge in [0.2, 0.25) is 0 Å². The Morgan fingerprint density at radius 1 is 1.15 bits per heavy atom. The molecule has 3 nitrogen and oxygen atoms in total. The molecule has 4 heteroatoms. The Bertz CT molecular complexity index is 408. The fourth-order valence-corrected chi connectivity index (χ4v) is 1.23. The quantitative estimate of drug-likeness (QED) is 0.701. The molecule has 0 saturated carbocycles. The van der Waals surface area contributed by atoms with Gasteiger partial charge in [-0.2, -0.15) is 0 Å². The third-order valence-corrected chi connectivity index (χ3v) is 2.02. The summed E-state index contributed by atoms with van der Waals surface area (Å²) in [4.78, 5) is 0. The van der Waals surface area contributed by atoms with E-state index < -0.39 is 0 Å². The maximum absolute atomic E-state index is 5.75. The molecule has 0 amide bonds. The third-order valence-electron chi connectivity index (χ3n) is 1.77. The predicted molar refractivity (Wildman–Crippen MR) is 49.5 cm³/mol. The summed E-state index contributed by atoms with van der Waals surface area (Å²) in [7, 11) is 0. The average Bonchev–Trinajstić information content (AvgIpc) is 2.53. The zero-order chi connectivity index (χ0) is 9.26. The van der Waals surface area contributed by atoms with Gasteiger partial charge in [-0.25, -0.2) is 4.63 Å². The van der Waals surface area contributed by atoms with Crippen LogP contribution in [0.5, 0.6) is 0 Å². The lowest BCUT2D eigenvalue weighted by Crippen LogP contribution is -1.80. The molecule has 0 aliphatic heterocycles. The number of aryl methyl sites for hydroxylation is 1. The molecule has 0 saturated heterocycles. The van der Waals surface area contributed by atoms with Gasteiger partial charge in [-0.3, -0.25) is 0 Å². The zero-order valence-corrected chi connectivity index (χ0v) is 7.75. The molecule has 66 valence electrons. The van der Waals surface area contributed by atoms with Gasteiger partial charge < -0.3 is 0 Å². The highest BCUT2D eigenvalue weighted by Gasteiger charge is 2.06. The summed E-state index contributed by atoms with van der Waals surface area (Å²) in [5, 5.41) is 8.19. The predicted octanol–water partition coefficient (Wildman–Crippen LogP) is 2.70. The van der Waals surface area contributed by atoms with E-state index in [9.17, 15) is 0 Å². The summed E-state index contributed by atoms with van der Waals surface area (Å²) in [5.74, 6) is 0. The molecule has 2 rings (SSSR count). The number of hydrogen-bond acceptors (Lipinski definition) is 3. The van der Waals surface area contributed by atoms with Crippen molar-refractivity contribution in [3.63, 3.8) is 0 Å². The summed E-state index contributed by atoms with van der Waals surface area (Å²) in [6, 6.07) is 7.39. The zero-order valence-electron chi connectivity index (χ0n) is 6.99. The summed E-state index contributed by atoms with van der Waals surface area (Å²) in [6.45, 7) is 1.85. The first kappa shape index (κ1) is 8.26. The van der Waals surface area contributed by atoms with Crippen molar-refractivity contribution in [2.24, 2.45) is 0 Å². The minimum Gasteiger partial charge on any atom is -0.244 e. The van der Waals surface area contributed by atoms with Crippen LogP contribution in [-0.4, -0.2) is 10.3 Å². The first-order chi connectivity index (χ1) is 6.27. The van der Waals surface area contributed by atoms with Crippen molar-refractivity contribution in [3.05, 3.63) is 35.0 Å². The first-order valence-electron chi connectivity index (χ1n) is 3.82. The minimum atomic E-state index is 0.706. The van der Waals surface area contributed by atoms with Crippen LogP contribution in [0.1, 0.15) is 5.69 Å². The second kappa shape index (κ2) is 3.18. The molecule has 13 heavy (non-hydrogen) atoms. The van der Waals surface area contributed by atoms with Crippen LogP contribution in [0, 0.1) is 6.92 Å². The standard InChI is InChI=1S/C9H7ClN2O/c1-6-9(12-13-11-6)7-2-4-8(10)5-3-7/h2-5H,1H3. The van der Waals surface area contributed by atoms with E-state index in [4.69, 9.17) is 11.6 Å². The second-order valence-electron chi connectivity index (χ2n) is 2.71. The van der Waals surface area contributed by atoms with E-state index in [2.05, 4.69) is 14.9 Å². The van der Waals surface area contributed by atoms with Crippen molar-refractivity contribution < 1.29 is 4.63 Å². The number of benzene rings is 1. The van der Waals surface area contributed by atoms with E-state index in [0.29, 0.717) is 5.02 Å². The molecule has 0 radical (unpaired) electrons. The number of rotatable bonds is 1. The van der Waals surface area contributed by atoms with E-state index in [0.717, 1.165) is 17.0 Å². The van der Waals surface area contributed by atoms with Crippen LogP contribution >= 0.6 is 11.6 Å². The van der Waals surface area contributed by atoms with E-state index in [1.54, 1.807) is 0 Å². The lowest BCUT2D eigenvalue weighted by Gasteiger charge is -1.95. The maximum Gasteiger partial charge on any atom is 0.137 e. The number of hydrogen-bond donors (Lipinski definition) is 0. The van der Waals surface area contributed by atoms with Crippen molar-refractivity contribution in [2.75, 3.05) is 0 Å². The van der Waals surface area contributed by atoms with Crippen LogP contribution in [0.15, 0.2) is 28.9 Å². The topological polar surface area (TPSA) is 38.9 Å². The highest BCUT2D eigenvalue weighted by atomic mass is 35.5. The van der Waals surface area contributed by atoms with E-state index in [1.807, 2.05) is 31.2 Å². The van der Waals surface area contributed by atoms with Gasteiger partial charge in [-0.15, -0.1) is 0 Å². The van der Waals surface area contributed by atoms with E-state index in [-0.39, 0.29) is 0 Å². The molecule has 0 bridgehead atoms. The van der Waals surface area contributed by atoms with Gasteiger partial charge in [0.1, 0.15) is 11.4 Å². The fraction of sp³-hybridized carbons (Fsp3) is 0.111. The number of aromatic nitrogens is 2. The molecule has 0 spiro atoms. The largest absolute Gasteiger partial charge is 0.244 e. The van der Waals surface area contributed by atoms with Gasteiger partial charge >= 0.3 is 0 Å². The van der Waals surface area contributed by atoms with Gasteiger partial charge in [-0.1, -0.05) is 28.9 Å². The van der Waals surface area contributed by atoms with Crippen molar-refractivity contribution in [1.29, 1.82) is 0 Å². The molecule has 0 aliphatic carbocycles. The van der Waals surface area contributed by atoms with Crippen molar-refractivity contribution in [2.45, 2.75) is 6.92 Å². The average molecular weight is 195 g/mol. The SMILES string of the molecule is Cc1nonc1-c1ccc(Cl)cc1. The summed E-state index contributed by atoms with van der Waals surface area (Å²) in [6.07, 6.45) is 0. The lowest BCUT2D eigenvalue weighted by atomic mass is 10.1. The van der Waals surface area contributed by atoms with Crippen molar-refractivity contribution in [3.8, 4) is 11.3 Å². The Hall–Kier alpha value is -1.35. The Morgan fingerprint density at radius 3 is 2.38 bits per heavy atom. The molecule has 1 heterocycles. The van der Waals surface area contributed by atoms with E-state index >= 15 is 0 Å². The van der Waals surface area contributed by atoms with Gasteiger partial charge in [0.25, 0.3) is 0 Å². The Morgan fingerprint density at radius 2 is 1.85 bits per heavy atom. The molecular weight excluding hydrogens is 188 g/mol. The molecule has 0 unspecified atom stereocenters. The molecule has 2 aromatic rings. The summed E-state index contributed by atoms with van der Waals surface area (Å²) >= 11 is 5.75. The lowest BCUT2D eigenvalue weighted by molar-refractivity contribution is 0.306. The third kappa shape index (κ3) is 1.55. The van der Waals surface area contributed by atoms with Gasteiger partial charge in [0.05, 0.1) is 0 Å². The Labute approximate surface area is 80.3 Å².